The van der Waals surface area contributed by atoms with Crippen LogP contribution in [0.2, 0.25) is 0 Å². The molecule has 0 unspecified atom stereocenters. The van der Waals surface area contributed by atoms with Crippen molar-refractivity contribution in [1.29, 1.82) is 0 Å². The summed E-state index contributed by atoms with van der Waals surface area (Å²) in [5, 5.41) is 1.10. The predicted octanol–water partition coefficient (Wildman–Crippen LogP) is 5.55. The average Bonchev–Trinajstić information content (AvgIpc) is 2.72. The maximum atomic E-state index is 4.94. The Bertz CT molecular complexity index is 908. The van der Waals surface area contributed by atoms with Gasteiger partial charge in [0.05, 0.1) is 11.2 Å². The minimum absolute atomic E-state index is 0.0107. The number of hydrogen-bond donors (Lipinski definition) is 0. The molecule has 0 fully saturated rings. The summed E-state index contributed by atoms with van der Waals surface area (Å²) in [5.41, 5.74) is 5.51. The molecule has 0 spiro atoms. The molecule has 0 aliphatic heterocycles. The first-order valence-corrected chi connectivity index (χ1v) is 8.79. The smallest absolute Gasteiger partial charge is 0.148 e. The monoisotopic (exact) mass is 373 g/mol. The number of aryl methyl sites for hydroxylation is 1. The second-order valence-electron chi connectivity index (χ2n) is 8.31. The van der Waals surface area contributed by atoms with Gasteiger partial charge in [-0.05, 0) is 41.1 Å². The largest absolute Gasteiger partial charge is 0.299 e. The number of nitrogens with zero attached hydrogens (tertiary/aromatic N) is 3. The molecule has 4 heteroatoms. The Labute approximate surface area is 146 Å². The molecule has 122 valence electrons. The van der Waals surface area contributed by atoms with E-state index in [0.29, 0.717) is 0 Å². The lowest BCUT2D eigenvalue weighted by Gasteiger charge is -2.23. The van der Waals surface area contributed by atoms with Crippen LogP contribution in [-0.2, 0) is 10.8 Å². The van der Waals surface area contributed by atoms with Gasteiger partial charge >= 0.3 is 0 Å². The summed E-state index contributed by atoms with van der Waals surface area (Å²) in [5.74, 6) is 0. The van der Waals surface area contributed by atoms with Gasteiger partial charge in [-0.3, -0.25) is 9.38 Å². The molecule has 0 atom stereocenters. The van der Waals surface area contributed by atoms with Gasteiger partial charge in [0.15, 0.2) is 0 Å². The first-order valence-electron chi connectivity index (χ1n) is 7.99. The summed E-state index contributed by atoms with van der Waals surface area (Å²) in [6.07, 6.45) is 0. The highest BCUT2D eigenvalue weighted by Crippen LogP contribution is 2.33. The predicted molar refractivity (Wildman–Crippen MR) is 100 cm³/mol. The Kier molecular flexibility index (Phi) is 3.60. The second kappa shape index (κ2) is 5.04. The second-order valence-corrected chi connectivity index (χ2v) is 9.06. The summed E-state index contributed by atoms with van der Waals surface area (Å²) in [6.45, 7) is 15.4. The molecule has 0 radical (unpaired) electrons. The van der Waals surface area contributed by atoms with Crippen LogP contribution in [0.25, 0.3) is 16.6 Å². The number of fused-ring (bicyclic) bond motifs is 3. The van der Waals surface area contributed by atoms with Crippen molar-refractivity contribution < 1.29 is 0 Å². The van der Waals surface area contributed by atoms with E-state index >= 15 is 0 Å². The highest BCUT2D eigenvalue weighted by atomic mass is 79.9. The van der Waals surface area contributed by atoms with Crippen LogP contribution in [0.5, 0.6) is 0 Å². The van der Waals surface area contributed by atoms with E-state index in [9.17, 15) is 0 Å². The van der Waals surface area contributed by atoms with Crippen molar-refractivity contribution >= 4 is 32.5 Å². The molecule has 0 saturated carbocycles. The van der Waals surface area contributed by atoms with E-state index in [-0.39, 0.29) is 10.8 Å². The molecule has 0 aliphatic carbocycles. The summed E-state index contributed by atoms with van der Waals surface area (Å²) in [4.78, 5) is 9.69. The van der Waals surface area contributed by atoms with Gasteiger partial charge in [-0.15, -0.1) is 0 Å². The van der Waals surface area contributed by atoms with Crippen LogP contribution < -0.4 is 0 Å². The van der Waals surface area contributed by atoms with E-state index in [2.05, 4.69) is 87.0 Å². The lowest BCUT2D eigenvalue weighted by molar-refractivity contribution is 0.558. The molecular formula is C19H24BrN3. The maximum absolute atomic E-state index is 4.94. The number of hydrogen-bond acceptors (Lipinski definition) is 2. The van der Waals surface area contributed by atoms with E-state index in [4.69, 9.17) is 9.97 Å². The molecule has 0 N–H and O–H groups in total. The molecule has 0 bridgehead atoms. The molecule has 23 heavy (non-hydrogen) atoms. The Morgan fingerprint density at radius 1 is 0.957 bits per heavy atom. The van der Waals surface area contributed by atoms with Gasteiger partial charge in [-0.2, -0.15) is 0 Å². The van der Waals surface area contributed by atoms with E-state index in [1.165, 1.54) is 5.69 Å². The summed E-state index contributed by atoms with van der Waals surface area (Å²) < 4.78 is 3.15. The van der Waals surface area contributed by atoms with Gasteiger partial charge in [0.2, 0.25) is 0 Å². The molecule has 0 aliphatic rings. The van der Waals surface area contributed by atoms with Gasteiger partial charge in [0.25, 0.3) is 0 Å². The van der Waals surface area contributed by atoms with Gasteiger partial charge in [-0.25, -0.2) is 4.98 Å². The summed E-state index contributed by atoms with van der Waals surface area (Å²) in [7, 11) is 0. The standard InChI is InChI=1S/C19H24BrN3/c1-11-16(20)22-17-12-8-9-14(18(2,3)4)21-13(12)10-15(23(11)17)19(5,6)7/h8-10H,1-7H3. The van der Waals surface area contributed by atoms with Gasteiger partial charge in [0.1, 0.15) is 10.3 Å². The molecule has 3 nitrogen and oxygen atoms in total. The van der Waals surface area contributed by atoms with Crippen molar-refractivity contribution in [3.05, 3.63) is 39.9 Å². The zero-order valence-electron chi connectivity index (χ0n) is 15.0. The zero-order valence-corrected chi connectivity index (χ0v) is 16.5. The van der Waals surface area contributed by atoms with Crippen molar-refractivity contribution in [2.75, 3.05) is 0 Å². The highest BCUT2D eigenvalue weighted by molar-refractivity contribution is 9.10. The first kappa shape index (κ1) is 16.4. The van der Waals surface area contributed by atoms with E-state index < -0.39 is 0 Å². The number of imidazole rings is 1. The Morgan fingerprint density at radius 2 is 1.61 bits per heavy atom. The van der Waals surface area contributed by atoms with Gasteiger partial charge in [0, 0.05) is 27.6 Å². The average molecular weight is 374 g/mol. The van der Waals surface area contributed by atoms with Crippen molar-refractivity contribution in [1.82, 2.24) is 14.4 Å². The number of aromatic nitrogens is 3. The van der Waals surface area contributed by atoms with Crippen molar-refractivity contribution in [2.24, 2.45) is 0 Å². The van der Waals surface area contributed by atoms with Crippen molar-refractivity contribution in [2.45, 2.75) is 59.3 Å². The molecule has 3 aromatic heterocycles. The van der Waals surface area contributed by atoms with Crippen LogP contribution in [-0.4, -0.2) is 14.4 Å². The lowest BCUT2D eigenvalue weighted by Crippen LogP contribution is -2.18. The van der Waals surface area contributed by atoms with Gasteiger partial charge in [-0.1, -0.05) is 41.5 Å². The quantitative estimate of drug-likeness (QED) is 0.517. The fourth-order valence-electron chi connectivity index (χ4n) is 2.89. The zero-order chi connectivity index (χ0) is 17.2. The third-order valence-corrected chi connectivity index (χ3v) is 5.02. The van der Waals surface area contributed by atoms with Crippen LogP contribution in [0.1, 0.15) is 58.6 Å². The third kappa shape index (κ3) is 2.67. The molecule has 0 amide bonds. The SMILES string of the molecule is Cc1c(Br)nc2c3ccc(C(C)(C)C)nc3cc(C(C)(C)C)n12. The van der Waals surface area contributed by atoms with Crippen molar-refractivity contribution in [3.63, 3.8) is 0 Å². The van der Waals surface area contributed by atoms with E-state index in [0.717, 1.165) is 32.5 Å². The van der Waals surface area contributed by atoms with Crippen LogP contribution >= 0.6 is 15.9 Å². The minimum atomic E-state index is 0.0107. The fourth-order valence-corrected chi connectivity index (χ4v) is 3.23. The molecule has 3 aromatic rings. The summed E-state index contributed by atoms with van der Waals surface area (Å²) in [6, 6.07) is 6.50. The topological polar surface area (TPSA) is 30.2 Å². The van der Waals surface area contributed by atoms with E-state index in [1.54, 1.807) is 0 Å². The normalized spacial score (nSPS) is 13.2. The Balaban J connectivity index is 2.48. The number of rotatable bonds is 0. The molecule has 3 heterocycles. The fraction of sp³-hybridized carbons (Fsp3) is 0.474. The molecular weight excluding hydrogens is 350 g/mol. The van der Waals surface area contributed by atoms with Gasteiger partial charge < -0.3 is 0 Å². The molecule has 0 saturated heterocycles. The van der Waals surface area contributed by atoms with Crippen LogP contribution in [0.3, 0.4) is 0 Å². The van der Waals surface area contributed by atoms with E-state index in [1.807, 2.05) is 0 Å². The van der Waals surface area contributed by atoms with Crippen LogP contribution in [0, 0.1) is 6.92 Å². The Morgan fingerprint density at radius 3 is 2.17 bits per heavy atom. The lowest BCUT2D eigenvalue weighted by atomic mass is 9.89. The number of pyridine rings is 2. The summed E-state index contributed by atoms with van der Waals surface area (Å²) >= 11 is 3.59. The molecule has 3 rings (SSSR count). The Hall–Kier alpha value is -1.42. The third-order valence-electron chi connectivity index (χ3n) is 4.27. The number of halogens is 1. The highest BCUT2D eigenvalue weighted by Gasteiger charge is 2.23. The minimum Gasteiger partial charge on any atom is -0.299 e. The maximum Gasteiger partial charge on any atom is 0.148 e. The van der Waals surface area contributed by atoms with Crippen molar-refractivity contribution in [3.8, 4) is 0 Å². The van der Waals surface area contributed by atoms with Crippen LogP contribution in [0.15, 0.2) is 22.8 Å². The molecule has 0 aromatic carbocycles. The first-order chi connectivity index (χ1) is 10.5. The van der Waals surface area contributed by atoms with Crippen LogP contribution in [0.4, 0.5) is 0 Å².